The van der Waals surface area contributed by atoms with Crippen LogP contribution in [0.2, 0.25) is 0 Å². The van der Waals surface area contributed by atoms with E-state index in [-0.39, 0.29) is 22.5 Å². The van der Waals surface area contributed by atoms with Gasteiger partial charge in [-0.15, -0.1) is 0 Å². The molecule has 2 aromatic carbocycles. The summed E-state index contributed by atoms with van der Waals surface area (Å²) in [5, 5.41) is 38.4. The Morgan fingerprint density at radius 2 is 1.77 bits per heavy atom. The second-order valence-corrected chi connectivity index (χ2v) is 6.91. The molecule has 0 aliphatic heterocycles. The van der Waals surface area contributed by atoms with Crippen LogP contribution in [0, 0.1) is 46.6 Å². The van der Waals surface area contributed by atoms with E-state index in [1.54, 1.807) is 16.8 Å². The second-order valence-electron chi connectivity index (χ2n) is 6.91. The number of aryl methyl sites for hydroxylation is 2. The number of rotatable bonds is 4. The van der Waals surface area contributed by atoms with Gasteiger partial charge in [-0.1, -0.05) is 12.1 Å². The molecule has 4 aromatic rings. The van der Waals surface area contributed by atoms with Gasteiger partial charge in [-0.05, 0) is 44.2 Å². The van der Waals surface area contributed by atoms with E-state index in [9.17, 15) is 20.6 Å². The third kappa shape index (κ3) is 3.52. The molecule has 1 N–H and O–H groups in total. The van der Waals surface area contributed by atoms with Crippen molar-refractivity contribution in [3.05, 3.63) is 81.2 Å². The van der Waals surface area contributed by atoms with Crippen molar-refractivity contribution in [1.82, 2.24) is 14.8 Å². The molecule has 0 radical (unpaired) electrons. The van der Waals surface area contributed by atoms with Crippen molar-refractivity contribution in [2.75, 3.05) is 5.32 Å². The highest BCUT2D eigenvalue weighted by Crippen LogP contribution is 2.33. The summed E-state index contributed by atoms with van der Waals surface area (Å²) in [6, 6.07) is 17.2. The summed E-state index contributed by atoms with van der Waals surface area (Å²) in [6.45, 7) is 3.83. The molecular weight excluding hydrogens is 394 g/mol. The van der Waals surface area contributed by atoms with Gasteiger partial charge in [0.2, 0.25) is 0 Å². The van der Waals surface area contributed by atoms with Crippen molar-refractivity contribution in [2.45, 2.75) is 13.8 Å². The summed E-state index contributed by atoms with van der Waals surface area (Å²) in [5.41, 5.74) is 2.70. The van der Waals surface area contributed by atoms with E-state index in [0.29, 0.717) is 17.0 Å². The normalized spacial score (nSPS) is 10.5. The van der Waals surface area contributed by atoms with Crippen LogP contribution in [0.5, 0.6) is 0 Å². The molecule has 0 unspecified atom stereocenters. The molecule has 31 heavy (non-hydrogen) atoms. The van der Waals surface area contributed by atoms with Gasteiger partial charge in [-0.2, -0.15) is 15.6 Å². The zero-order valence-corrected chi connectivity index (χ0v) is 16.6. The Labute approximate surface area is 177 Å². The summed E-state index contributed by atoms with van der Waals surface area (Å²) < 4.78 is 1.73. The first-order valence-corrected chi connectivity index (χ1v) is 9.24. The number of hydrogen-bond donors (Lipinski definition) is 1. The fraction of sp³-hybridized carbons (Fsp3) is 0.0909. The highest BCUT2D eigenvalue weighted by atomic mass is 16.6. The molecule has 2 heterocycles. The van der Waals surface area contributed by atoms with Gasteiger partial charge in [0.15, 0.2) is 5.82 Å². The van der Waals surface area contributed by atoms with E-state index >= 15 is 0 Å². The van der Waals surface area contributed by atoms with Crippen LogP contribution in [-0.2, 0) is 0 Å². The predicted octanol–water partition coefficient (Wildman–Crippen LogP) is 4.43. The van der Waals surface area contributed by atoms with Crippen LogP contribution in [0.3, 0.4) is 0 Å². The lowest BCUT2D eigenvalue weighted by atomic mass is 10.1. The highest BCUT2D eigenvalue weighted by Gasteiger charge is 2.19. The third-order valence-electron chi connectivity index (χ3n) is 4.77. The Hall–Kier alpha value is -4.76. The zero-order chi connectivity index (χ0) is 22.1. The lowest BCUT2D eigenvalue weighted by molar-refractivity contribution is -0.383. The molecule has 9 nitrogen and oxygen atoms in total. The van der Waals surface area contributed by atoms with Crippen LogP contribution in [-0.4, -0.2) is 19.7 Å². The van der Waals surface area contributed by atoms with Gasteiger partial charge in [-0.3, -0.25) is 10.1 Å². The maximum Gasteiger partial charge on any atom is 0.294 e. The van der Waals surface area contributed by atoms with Crippen LogP contribution in [0.25, 0.3) is 16.7 Å². The molecule has 0 aliphatic carbocycles. The molecular formula is C22H15N7O2. The Bertz CT molecular complexity index is 1440. The van der Waals surface area contributed by atoms with Gasteiger partial charge in [0, 0.05) is 17.1 Å². The molecule has 0 saturated carbocycles. The Morgan fingerprint density at radius 3 is 2.42 bits per heavy atom. The first kappa shape index (κ1) is 19.6. The van der Waals surface area contributed by atoms with Crippen LogP contribution in [0.4, 0.5) is 17.1 Å². The van der Waals surface area contributed by atoms with Gasteiger partial charge in [-0.25, -0.2) is 9.67 Å². The van der Waals surface area contributed by atoms with Gasteiger partial charge in [0.05, 0.1) is 32.9 Å². The van der Waals surface area contributed by atoms with Crippen molar-refractivity contribution in [1.29, 1.82) is 10.5 Å². The van der Waals surface area contributed by atoms with Crippen LogP contribution < -0.4 is 5.32 Å². The number of pyridine rings is 1. The van der Waals surface area contributed by atoms with Crippen molar-refractivity contribution in [3.8, 4) is 18.0 Å². The quantitative estimate of drug-likeness (QED) is 0.389. The van der Waals surface area contributed by atoms with Crippen LogP contribution >= 0.6 is 0 Å². The number of nitrogens with one attached hydrogen (secondary N) is 1. The van der Waals surface area contributed by atoms with E-state index in [4.69, 9.17) is 4.98 Å². The van der Waals surface area contributed by atoms with E-state index < -0.39 is 4.92 Å². The average Bonchev–Trinajstić information content (AvgIpc) is 3.11. The molecule has 4 rings (SSSR count). The maximum atomic E-state index is 11.6. The van der Waals surface area contributed by atoms with Crippen LogP contribution in [0.1, 0.15) is 22.5 Å². The number of hydrogen-bond acceptors (Lipinski definition) is 7. The molecule has 0 fully saturated rings. The monoisotopic (exact) mass is 409 g/mol. The zero-order valence-electron chi connectivity index (χ0n) is 16.6. The minimum atomic E-state index is -0.593. The smallest absolute Gasteiger partial charge is 0.294 e. The number of nitro groups is 1. The molecule has 150 valence electrons. The van der Waals surface area contributed by atoms with E-state index in [1.165, 1.54) is 6.07 Å². The van der Waals surface area contributed by atoms with Crippen molar-refractivity contribution in [3.63, 3.8) is 0 Å². The van der Waals surface area contributed by atoms with Gasteiger partial charge < -0.3 is 5.32 Å². The number of para-hydroxylation sites is 1. The molecule has 2 aromatic heterocycles. The molecule has 0 atom stereocenters. The summed E-state index contributed by atoms with van der Waals surface area (Å²) in [6.07, 6.45) is 0. The fourth-order valence-corrected chi connectivity index (χ4v) is 3.39. The predicted molar refractivity (Wildman–Crippen MR) is 114 cm³/mol. The van der Waals surface area contributed by atoms with Crippen molar-refractivity contribution < 1.29 is 4.92 Å². The van der Waals surface area contributed by atoms with Gasteiger partial charge in [0.1, 0.15) is 17.8 Å². The lowest BCUT2D eigenvalue weighted by Gasteiger charge is -2.12. The number of fused-ring (bicyclic) bond motifs is 1. The minimum absolute atomic E-state index is 0.0483. The summed E-state index contributed by atoms with van der Waals surface area (Å²) in [5.74, 6) is 0.611. The van der Waals surface area contributed by atoms with E-state index in [1.807, 2.05) is 50.3 Å². The molecule has 0 aliphatic rings. The average molecular weight is 409 g/mol. The Morgan fingerprint density at radius 1 is 1.03 bits per heavy atom. The molecule has 0 saturated heterocycles. The number of aromatic nitrogens is 3. The number of nitro benzene ring substituents is 1. The summed E-state index contributed by atoms with van der Waals surface area (Å²) in [7, 11) is 0. The summed E-state index contributed by atoms with van der Waals surface area (Å²) >= 11 is 0. The third-order valence-corrected chi connectivity index (χ3v) is 4.77. The molecule has 0 spiro atoms. The van der Waals surface area contributed by atoms with Crippen molar-refractivity contribution in [2.24, 2.45) is 0 Å². The molecule has 0 amide bonds. The topological polar surface area (TPSA) is 133 Å². The number of nitriles is 2. The SMILES string of the molecule is Cc1cc(C)n(-c2ccc3cccc(Nc4cc(C#N)c(C#N)cc4[N+](=O)[O-])c3n2)n1. The Balaban J connectivity index is 1.87. The summed E-state index contributed by atoms with van der Waals surface area (Å²) in [4.78, 5) is 15.7. The lowest BCUT2D eigenvalue weighted by Crippen LogP contribution is -2.04. The minimum Gasteiger partial charge on any atom is -0.348 e. The first-order chi connectivity index (χ1) is 14.9. The standard InChI is InChI=1S/C22H15N7O2/c1-13-8-14(2)28(27-13)21-7-6-15-4-3-5-18(22(15)26-21)25-19-9-16(11-23)17(12-24)10-20(19)29(30)31/h3-10,25H,1-2H3. The van der Waals surface area contributed by atoms with E-state index in [2.05, 4.69) is 10.4 Å². The van der Waals surface area contributed by atoms with E-state index in [0.717, 1.165) is 22.8 Å². The Kier molecular flexibility index (Phi) is 4.78. The van der Waals surface area contributed by atoms with Gasteiger partial charge in [0.25, 0.3) is 5.69 Å². The number of anilines is 2. The van der Waals surface area contributed by atoms with Gasteiger partial charge >= 0.3 is 0 Å². The molecule has 0 bridgehead atoms. The maximum absolute atomic E-state index is 11.6. The second kappa shape index (κ2) is 7.58. The highest BCUT2D eigenvalue weighted by molar-refractivity contribution is 5.93. The number of benzene rings is 2. The number of nitrogens with zero attached hydrogens (tertiary/aromatic N) is 6. The first-order valence-electron chi connectivity index (χ1n) is 9.24. The fourth-order valence-electron chi connectivity index (χ4n) is 3.39. The van der Waals surface area contributed by atoms with Crippen molar-refractivity contribution >= 4 is 28.0 Å². The molecule has 9 heteroatoms. The van der Waals surface area contributed by atoms with Crippen LogP contribution in [0.15, 0.2) is 48.5 Å². The largest absolute Gasteiger partial charge is 0.348 e.